The maximum Gasteiger partial charge on any atom is 0.407 e. The first-order valence-electron chi connectivity index (χ1n) is 10.8. The number of methoxy groups -OCH3 is 1. The third kappa shape index (κ3) is 3.53. The van der Waals surface area contributed by atoms with E-state index in [1.54, 1.807) is 18.2 Å². The van der Waals surface area contributed by atoms with E-state index in [9.17, 15) is 9.90 Å². The highest BCUT2D eigenvalue weighted by Crippen LogP contribution is 2.38. The fourth-order valence-corrected chi connectivity index (χ4v) is 5.11. The summed E-state index contributed by atoms with van der Waals surface area (Å²) in [5, 5.41) is 25.3. The van der Waals surface area contributed by atoms with Gasteiger partial charge in [-0.2, -0.15) is 5.10 Å². The van der Waals surface area contributed by atoms with Gasteiger partial charge in [0.1, 0.15) is 5.75 Å². The van der Waals surface area contributed by atoms with E-state index in [1.807, 2.05) is 43.6 Å². The number of aromatic amines is 1. The van der Waals surface area contributed by atoms with Crippen LogP contribution in [0.2, 0.25) is 0 Å². The van der Waals surface area contributed by atoms with E-state index in [-0.39, 0.29) is 18.1 Å². The lowest BCUT2D eigenvalue weighted by molar-refractivity contribution is 0.0965. The molecule has 5 rings (SSSR count). The molecular weight excluding hydrogens is 408 g/mol. The number of ether oxygens (including phenoxy) is 1. The summed E-state index contributed by atoms with van der Waals surface area (Å²) in [6.45, 7) is 0. The van der Waals surface area contributed by atoms with Crippen LogP contribution in [0, 0.1) is 0 Å². The van der Waals surface area contributed by atoms with Gasteiger partial charge < -0.3 is 19.6 Å². The molecule has 9 heteroatoms. The minimum Gasteiger partial charge on any atom is -0.496 e. The van der Waals surface area contributed by atoms with Crippen LogP contribution in [0.3, 0.4) is 0 Å². The van der Waals surface area contributed by atoms with Gasteiger partial charge >= 0.3 is 6.09 Å². The van der Waals surface area contributed by atoms with Gasteiger partial charge in [-0.25, -0.2) is 4.79 Å². The van der Waals surface area contributed by atoms with Crippen molar-refractivity contribution in [2.24, 2.45) is 0 Å². The molecule has 4 heterocycles. The van der Waals surface area contributed by atoms with Crippen molar-refractivity contribution in [1.29, 1.82) is 0 Å². The van der Waals surface area contributed by atoms with Crippen LogP contribution in [0.4, 0.5) is 10.6 Å². The SMILES string of the molecule is COc1cc(-c2cn[nH]c2)ccc1-c1ccc(N(C)[C@H]2C[C@H]3CC[C@@H](C2)N3C(=O)O)nn1. The fraction of sp³-hybridized carbons (Fsp3) is 0.391. The molecule has 0 aliphatic carbocycles. The summed E-state index contributed by atoms with van der Waals surface area (Å²) < 4.78 is 5.61. The Hall–Kier alpha value is -3.62. The molecule has 1 aromatic carbocycles. The summed E-state index contributed by atoms with van der Waals surface area (Å²) in [6, 6.07) is 10.3. The van der Waals surface area contributed by atoms with E-state index in [0.29, 0.717) is 0 Å². The Balaban J connectivity index is 1.34. The number of nitrogens with zero attached hydrogens (tertiary/aromatic N) is 5. The van der Waals surface area contributed by atoms with E-state index < -0.39 is 6.09 Å². The number of hydrogen-bond donors (Lipinski definition) is 2. The zero-order chi connectivity index (χ0) is 22.2. The zero-order valence-electron chi connectivity index (χ0n) is 18.1. The van der Waals surface area contributed by atoms with E-state index in [2.05, 4.69) is 25.3 Å². The number of amides is 1. The highest BCUT2D eigenvalue weighted by atomic mass is 16.5. The molecule has 2 aliphatic rings. The molecule has 2 aliphatic heterocycles. The average Bonchev–Trinajstić information content (AvgIpc) is 3.45. The van der Waals surface area contributed by atoms with Crippen LogP contribution in [0.25, 0.3) is 22.4 Å². The van der Waals surface area contributed by atoms with E-state index >= 15 is 0 Å². The number of aromatic nitrogens is 4. The van der Waals surface area contributed by atoms with Crippen LogP contribution in [0.15, 0.2) is 42.7 Å². The molecule has 2 fully saturated rings. The average molecular weight is 435 g/mol. The number of H-pyrrole nitrogens is 1. The number of piperidine rings is 1. The number of anilines is 1. The first-order valence-corrected chi connectivity index (χ1v) is 10.8. The molecule has 0 saturated carbocycles. The Morgan fingerprint density at radius 2 is 1.94 bits per heavy atom. The molecule has 166 valence electrons. The van der Waals surface area contributed by atoms with Crippen LogP contribution in [-0.2, 0) is 0 Å². The van der Waals surface area contributed by atoms with E-state index in [1.165, 1.54) is 0 Å². The summed E-state index contributed by atoms with van der Waals surface area (Å²) in [6.07, 6.45) is 6.35. The lowest BCUT2D eigenvalue weighted by Crippen LogP contribution is -2.51. The Kier molecular flexibility index (Phi) is 5.16. The number of fused-ring (bicyclic) bond motifs is 2. The van der Waals surface area contributed by atoms with Crippen molar-refractivity contribution in [2.75, 3.05) is 19.1 Å². The smallest absolute Gasteiger partial charge is 0.407 e. The summed E-state index contributed by atoms with van der Waals surface area (Å²) >= 11 is 0. The molecule has 0 spiro atoms. The number of carbonyl (C=O) groups is 1. The summed E-state index contributed by atoms with van der Waals surface area (Å²) in [5.41, 5.74) is 3.60. The molecule has 2 bridgehead atoms. The highest BCUT2D eigenvalue weighted by Gasteiger charge is 2.44. The predicted octanol–water partition coefficient (Wildman–Crippen LogP) is 3.65. The van der Waals surface area contributed by atoms with Crippen molar-refractivity contribution in [3.63, 3.8) is 0 Å². The van der Waals surface area contributed by atoms with Gasteiger partial charge in [-0.3, -0.25) is 5.10 Å². The second-order valence-electron chi connectivity index (χ2n) is 8.49. The number of hydrogen-bond acceptors (Lipinski definition) is 6. The van der Waals surface area contributed by atoms with Gasteiger partial charge in [0.05, 0.1) is 19.0 Å². The molecule has 32 heavy (non-hydrogen) atoms. The molecular formula is C23H26N6O3. The number of benzene rings is 1. The van der Waals surface area contributed by atoms with Crippen LogP contribution in [-0.4, -0.2) is 68.8 Å². The predicted molar refractivity (Wildman–Crippen MR) is 120 cm³/mol. The highest BCUT2D eigenvalue weighted by molar-refractivity contribution is 5.74. The molecule has 2 N–H and O–H groups in total. The van der Waals surface area contributed by atoms with Crippen LogP contribution < -0.4 is 9.64 Å². The van der Waals surface area contributed by atoms with Gasteiger partial charge in [0.15, 0.2) is 5.82 Å². The third-order valence-corrected chi connectivity index (χ3v) is 6.80. The number of nitrogens with one attached hydrogen (secondary N) is 1. The molecule has 2 saturated heterocycles. The van der Waals surface area contributed by atoms with Crippen molar-refractivity contribution in [3.8, 4) is 28.1 Å². The number of rotatable bonds is 5. The van der Waals surface area contributed by atoms with Gasteiger partial charge in [-0.1, -0.05) is 6.07 Å². The topological polar surface area (TPSA) is 107 Å². The maximum atomic E-state index is 11.5. The number of carboxylic acid groups (broad SMARTS) is 1. The summed E-state index contributed by atoms with van der Waals surface area (Å²) in [5.74, 6) is 1.51. The van der Waals surface area contributed by atoms with Crippen LogP contribution >= 0.6 is 0 Å². The molecule has 3 atom stereocenters. The molecule has 3 aromatic rings. The van der Waals surface area contributed by atoms with Crippen molar-refractivity contribution in [3.05, 3.63) is 42.7 Å². The van der Waals surface area contributed by atoms with Gasteiger partial charge in [0.25, 0.3) is 0 Å². The molecule has 9 nitrogen and oxygen atoms in total. The normalized spacial score (nSPS) is 22.1. The lowest BCUT2D eigenvalue weighted by atomic mass is 9.96. The quantitative estimate of drug-likeness (QED) is 0.631. The third-order valence-electron chi connectivity index (χ3n) is 6.80. The fourth-order valence-electron chi connectivity index (χ4n) is 5.11. The van der Waals surface area contributed by atoms with Gasteiger partial charge in [0.2, 0.25) is 0 Å². The van der Waals surface area contributed by atoms with Crippen LogP contribution in [0.5, 0.6) is 5.75 Å². The maximum absolute atomic E-state index is 11.5. The van der Waals surface area contributed by atoms with Gasteiger partial charge in [-0.05, 0) is 55.5 Å². The van der Waals surface area contributed by atoms with Crippen molar-refractivity contribution >= 4 is 11.9 Å². The van der Waals surface area contributed by atoms with E-state index in [4.69, 9.17) is 4.74 Å². The largest absolute Gasteiger partial charge is 0.496 e. The minimum atomic E-state index is -0.796. The van der Waals surface area contributed by atoms with Crippen molar-refractivity contribution < 1.29 is 14.6 Å². The Morgan fingerprint density at radius 3 is 2.53 bits per heavy atom. The molecule has 0 unspecified atom stereocenters. The minimum absolute atomic E-state index is 0.101. The molecule has 1 amide bonds. The first kappa shape index (κ1) is 20.3. The Bertz CT molecular complexity index is 1090. The summed E-state index contributed by atoms with van der Waals surface area (Å²) in [7, 11) is 3.66. The van der Waals surface area contributed by atoms with Gasteiger partial charge in [-0.15, -0.1) is 10.2 Å². The summed E-state index contributed by atoms with van der Waals surface area (Å²) in [4.78, 5) is 15.3. The molecule has 0 radical (unpaired) electrons. The Morgan fingerprint density at radius 1 is 1.16 bits per heavy atom. The second kappa shape index (κ2) is 8.14. The van der Waals surface area contributed by atoms with E-state index in [0.717, 1.165) is 59.6 Å². The monoisotopic (exact) mass is 434 g/mol. The standard InChI is InChI=1S/C23H26N6O3/c1-28(18-10-16-4-5-17(11-18)29(16)23(30)31)22-8-7-20(26-27-22)19-6-3-14(9-21(19)32-2)15-12-24-25-13-15/h3,6-9,12-13,16-18H,4-5,10-11H2,1-2H3,(H,24,25)(H,30,31)/t16-,17+,18+. The second-order valence-corrected chi connectivity index (χ2v) is 8.49. The molecule has 2 aromatic heterocycles. The van der Waals surface area contributed by atoms with Crippen molar-refractivity contribution in [2.45, 2.75) is 43.8 Å². The Labute approximate surface area is 186 Å². The first-order chi connectivity index (χ1) is 15.5. The zero-order valence-corrected chi connectivity index (χ0v) is 18.1. The van der Waals surface area contributed by atoms with Gasteiger partial charge in [0, 0.05) is 42.5 Å². The lowest BCUT2D eigenvalue weighted by Gasteiger charge is -2.41. The van der Waals surface area contributed by atoms with Crippen LogP contribution in [0.1, 0.15) is 25.7 Å². The van der Waals surface area contributed by atoms with Crippen molar-refractivity contribution in [1.82, 2.24) is 25.3 Å².